The predicted molar refractivity (Wildman–Crippen MR) is 76.4 cm³/mol. The highest BCUT2D eigenvalue weighted by molar-refractivity contribution is 9.10. The van der Waals surface area contributed by atoms with Crippen molar-refractivity contribution in [3.8, 4) is 12.3 Å². The van der Waals surface area contributed by atoms with E-state index in [1.54, 1.807) is 12.1 Å². The molecule has 98 valence electrons. The van der Waals surface area contributed by atoms with Gasteiger partial charge in [-0.05, 0) is 31.0 Å². The number of benzene rings is 1. The molecule has 1 aromatic carbocycles. The van der Waals surface area contributed by atoms with Crippen LogP contribution in [0.5, 0.6) is 0 Å². The third kappa shape index (κ3) is 4.33. The maximum Gasteiger partial charge on any atom is 0.242 e. The Morgan fingerprint density at radius 2 is 2.11 bits per heavy atom. The zero-order valence-corrected chi connectivity index (χ0v) is 12.2. The Hall–Kier alpha value is -1.03. The first kappa shape index (κ1) is 15.0. The quantitative estimate of drug-likeness (QED) is 0.476. The molecule has 1 aromatic rings. The molecule has 0 heterocycles. The first-order valence-corrected chi connectivity index (χ1v) is 7.73. The fourth-order valence-corrected chi connectivity index (χ4v) is 3.12. The van der Waals surface area contributed by atoms with E-state index in [0.29, 0.717) is 23.9 Å². The van der Waals surface area contributed by atoms with Gasteiger partial charge in [0.15, 0.2) is 0 Å². The lowest BCUT2D eigenvalue weighted by Crippen LogP contribution is -2.25. The first-order chi connectivity index (χ1) is 8.47. The molecule has 1 rings (SSSR count). The molecule has 6 heteroatoms. The smallest absolute Gasteiger partial charge is 0.242 e. The summed E-state index contributed by atoms with van der Waals surface area (Å²) in [7, 11) is -3.56. The molecule has 0 saturated heterocycles. The Kier molecular flexibility index (Phi) is 5.66. The van der Waals surface area contributed by atoms with Crippen molar-refractivity contribution in [1.82, 2.24) is 4.72 Å². The number of hydrogen-bond donors (Lipinski definition) is 2. The zero-order chi connectivity index (χ0) is 13.6. The second-order valence-corrected chi connectivity index (χ2v) is 6.39. The van der Waals surface area contributed by atoms with Crippen LogP contribution < -0.4 is 10.5 Å². The molecular formula is C12H15BrN2O2S. The largest absolute Gasteiger partial charge is 0.398 e. The number of terminal acetylenes is 1. The predicted octanol–water partition coefficient (Wildman–Crippen LogP) is 2.11. The van der Waals surface area contributed by atoms with E-state index in [-0.39, 0.29) is 10.6 Å². The van der Waals surface area contributed by atoms with Gasteiger partial charge in [-0.25, -0.2) is 13.1 Å². The number of halogens is 1. The number of nitrogen functional groups attached to an aromatic ring is 1. The van der Waals surface area contributed by atoms with Crippen molar-refractivity contribution in [3.63, 3.8) is 0 Å². The highest BCUT2D eigenvalue weighted by Crippen LogP contribution is 2.22. The Labute approximate surface area is 116 Å². The second-order valence-electron chi connectivity index (χ2n) is 3.74. The van der Waals surface area contributed by atoms with E-state index in [4.69, 9.17) is 12.2 Å². The van der Waals surface area contributed by atoms with Crippen molar-refractivity contribution in [2.75, 3.05) is 12.3 Å². The van der Waals surface area contributed by atoms with E-state index in [9.17, 15) is 8.42 Å². The van der Waals surface area contributed by atoms with Crippen LogP contribution in [0.4, 0.5) is 5.69 Å². The minimum atomic E-state index is -3.56. The lowest BCUT2D eigenvalue weighted by atomic mass is 10.2. The molecule has 0 unspecified atom stereocenters. The van der Waals surface area contributed by atoms with Crippen LogP contribution in [-0.4, -0.2) is 15.0 Å². The van der Waals surface area contributed by atoms with Gasteiger partial charge in [0.25, 0.3) is 0 Å². The third-order valence-electron chi connectivity index (χ3n) is 2.31. The molecule has 0 aliphatic heterocycles. The highest BCUT2D eigenvalue weighted by Gasteiger charge is 2.16. The fraction of sp³-hybridized carbons (Fsp3) is 0.333. The van der Waals surface area contributed by atoms with E-state index < -0.39 is 10.0 Å². The van der Waals surface area contributed by atoms with Crippen LogP contribution in [0.2, 0.25) is 0 Å². The lowest BCUT2D eigenvalue weighted by molar-refractivity contribution is 0.577. The highest BCUT2D eigenvalue weighted by atomic mass is 79.9. The molecule has 0 spiro atoms. The zero-order valence-electron chi connectivity index (χ0n) is 9.82. The molecule has 4 nitrogen and oxygen atoms in total. The average Bonchev–Trinajstić information content (AvgIpc) is 2.32. The second kappa shape index (κ2) is 6.78. The summed E-state index contributed by atoms with van der Waals surface area (Å²) in [6.45, 7) is 0.357. The molecule has 0 bridgehead atoms. The Morgan fingerprint density at radius 3 is 2.78 bits per heavy atom. The molecule has 0 aromatic heterocycles. The van der Waals surface area contributed by atoms with Gasteiger partial charge >= 0.3 is 0 Å². The SMILES string of the molecule is C#CCCCCNS(=O)(=O)c1cc(Br)ccc1N. The normalized spacial score (nSPS) is 11.1. The van der Waals surface area contributed by atoms with Crippen LogP contribution in [0.25, 0.3) is 0 Å². The fourth-order valence-electron chi connectivity index (χ4n) is 1.38. The molecule has 0 aliphatic carbocycles. The molecule has 0 amide bonds. The van der Waals surface area contributed by atoms with Gasteiger partial charge in [0, 0.05) is 17.4 Å². The third-order valence-corrected chi connectivity index (χ3v) is 4.32. The van der Waals surface area contributed by atoms with Gasteiger partial charge in [-0.3, -0.25) is 0 Å². The number of rotatable bonds is 6. The van der Waals surface area contributed by atoms with E-state index >= 15 is 0 Å². The number of sulfonamides is 1. The van der Waals surface area contributed by atoms with Gasteiger partial charge in [0.05, 0.1) is 5.69 Å². The van der Waals surface area contributed by atoms with Crippen LogP contribution in [0.1, 0.15) is 19.3 Å². The summed E-state index contributed by atoms with van der Waals surface area (Å²) in [5.74, 6) is 2.51. The van der Waals surface area contributed by atoms with Crippen LogP contribution in [-0.2, 0) is 10.0 Å². The molecule has 0 radical (unpaired) electrons. The summed E-state index contributed by atoms with van der Waals surface area (Å²) in [6.07, 6.45) is 7.27. The lowest BCUT2D eigenvalue weighted by Gasteiger charge is -2.09. The van der Waals surface area contributed by atoms with Gasteiger partial charge in [-0.1, -0.05) is 15.9 Å². The summed E-state index contributed by atoms with van der Waals surface area (Å²) < 4.78 is 27.1. The minimum absolute atomic E-state index is 0.0915. The Morgan fingerprint density at radius 1 is 1.39 bits per heavy atom. The van der Waals surface area contributed by atoms with Gasteiger partial charge in [0.2, 0.25) is 10.0 Å². The molecule has 0 aliphatic rings. The van der Waals surface area contributed by atoms with E-state index in [2.05, 4.69) is 26.6 Å². The number of nitrogens with two attached hydrogens (primary N) is 1. The van der Waals surface area contributed by atoms with Crippen LogP contribution in [0.3, 0.4) is 0 Å². The summed E-state index contributed by atoms with van der Waals surface area (Å²) in [5, 5.41) is 0. The van der Waals surface area contributed by atoms with Gasteiger partial charge in [0.1, 0.15) is 4.90 Å². The summed E-state index contributed by atoms with van der Waals surface area (Å²) in [5.41, 5.74) is 5.89. The number of unbranched alkanes of at least 4 members (excludes halogenated alkanes) is 2. The number of hydrogen-bond acceptors (Lipinski definition) is 3. The van der Waals surface area contributed by atoms with Crippen molar-refractivity contribution in [3.05, 3.63) is 22.7 Å². The van der Waals surface area contributed by atoms with Crippen molar-refractivity contribution in [2.45, 2.75) is 24.2 Å². The van der Waals surface area contributed by atoms with Crippen molar-refractivity contribution in [1.29, 1.82) is 0 Å². The van der Waals surface area contributed by atoms with Crippen molar-refractivity contribution < 1.29 is 8.42 Å². The number of anilines is 1. The minimum Gasteiger partial charge on any atom is -0.398 e. The van der Waals surface area contributed by atoms with Crippen LogP contribution in [0.15, 0.2) is 27.6 Å². The van der Waals surface area contributed by atoms with E-state index in [1.807, 2.05) is 0 Å². The van der Waals surface area contributed by atoms with Crippen LogP contribution in [0, 0.1) is 12.3 Å². The standard InChI is InChI=1S/C12H15BrN2O2S/c1-2-3-4-5-8-15-18(16,17)12-9-10(13)6-7-11(12)14/h1,6-7,9,15H,3-5,8,14H2. The Bertz CT molecular complexity index is 550. The maximum atomic E-state index is 12.0. The molecule has 18 heavy (non-hydrogen) atoms. The van der Waals surface area contributed by atoms with Crippen molar-refractivity contribution in [2.24, 2.45) is 0 Å². The van der Waals surface area contributed by atoms with Crippen LogP contribution >= 0.6 is 15.9 Å². The number of nitrogens with one attached hydrogen (secondary N) is 1. The first-order valence-electron chi connectivity index (χ1n) is 5.45. The van der Waals surface area contributed by atoms with Gasteiger partial charge in [-0.2, -0.15) is 0 Å². The topological polar surface area (TPSA) is 72.2 Å². The van der Waals surface area contributed by atoms with Gasteiger partial charge in [-0.15, -0.1) is 12.3 Å². The maximum absolute atomic E-state index is 12.0. The van der Waals surface area contributed by atoms with Crippen molar-refractivity contribution >= 4 is 31.6 Å². The monoisotopic (exact) mass is 330 g/mol. The van der Waals surface area contributed by atoms with E-state index in [1.165, 1.54) is 6.07 Å². The molecular weight excluding hydrogens is 316 g/mol. The summed E-state index contributed by atoms with van der Waals surface area (Å²) in [6, 6.07) is 4.73. The molecule has 0 atom stereocenters. The summed E-state index contributed by atoms with van der Waals surface area (Å²) in [4.78, 5) is 0.0915. The molecule has 0 fully saturated rings. The molecule has 3 N–H and O–H groups in total. The van der Waals surface area contributed by atoms with E-state index in [0.717, 1.165) is 6.42 Å². The Balaban J connectivity index is 2.69. The average molecular weight is 331 g/mol. The summed E-state index contributed by atoms with van der Waals surface area (Å²) >= 11 is 3.22. The van der Waals surface area contributed by atoms with Gasteiger partial charge < -0.3 is 5.73 Å². The molecule has 0 saturated carbocycles.